The second-order valence-corrected chi connectivity index (χ2v) is 7.86. The van der Waals surface area contributed by atoms with E-state index in [9.17, 15) is 0 Å². The Morgan fingerprint density at radius 3 is 2.62 bits per heavy atom. The van der Waals surface area contributed by atoms with Crippen molar-refractivity contribution in [1.82, 2.24) is 0 Å². The summed E-state index contributed by atoms with van der Waals surface area (Å²) >= 11 is 0. The highest BCUT2D eigenvalue weighted by atomic mass is 16.5. The summed E-state index contributed by atoms with van der Waals surface area (Å²) in [6, 6.07) is 12.8. The summed E-state index contributed by atoms with van der Waals surface area (Å²) in [5, 5.41) is 2.52. The van der Waals surface area contributed by atoms with Gasteiger partial charge in [-0.3, -0.25) is 0 Å². The highest BCUT2D eigenvalue weighted by Gasteiger charge is 2.27. The molecule has 0 radical (unpaired) electrons. The van der Waals surface area contributed by atoms with Gasteiger partial charge in [0.25, 0.3) is 0 Å². The van der Waals surface area contributed by atoms with Gasteiger partial charge in [-0.1, -0.05) is 59.7 Å². The number of rotatable bonds is 6. The normalized spacial score (nSPS) is 19.2. The number of hydrogen-bond donors (Lipinski definition) is 0. The van der Waals surface area contributed by atoms with Crippen molar-refractivity contribution in [2.75, 3.05) is 0 Å². The minimum absolute atomic E-state index is 0.230. The van der Waals surface area contributed by atoms with Crippen LogP contribution in [0.1, 0.15) is 58.9 Å². The molecule has 1 heterocycles. The molecule has 0 bridgehead atoms. The lowest BCUT2D eigenvalue weighted by Gasteiger charge is -2.32. The minimum Gasteiger partial charge on any atom is -0.483 e. The maximum absolute atomic E-state index is 6.40. The molecule has 1 unspecified atom stereocenters. The number of fused-ring (bicyclic) bond motifs is 3. The first kappa shape index (κ1) is 18.5. The minimum atomic E-state index is -0.230. The Balaban J connectivity index is 1.65. The Kier molecular flexibility index (Phi) is 5.66. The van der Waals surface area contributed by atoms with Gasteiger partial charge in [-0.2, -0.15) is 0 Å². The van der Waals surface area contributed by atoms with Crippen molar-refractivity contribution in [1.29, 1.82) is 0 Å². The topological polar surface area (TPSA) is 9.23 Å². The Morgan fingerprint density at radius 2 is 1.81 bits per heavy atom. The van der Waals surface area contributed by atoms with Crippen molar-refractivity contribution in [3.8, 4) is 5.75 Å². The predicted octanol–water partition coefficient (Wildman–Crippen LogP) is 7.48. The summed E-state index contributed by atoms with van der Waals surface area (Å²) in [6.45, 7) is 8.75. The van der Waals surface area contributed by atoms with Gasteiger partial charge in [-0.25, -0.2) is 0 Å². The van der Waals surface area contributed by atoms with Crippen LogP contribution in [0.4, 0.5) is 0 Å². The van der Waals surface area contributed by atoms with E-state index in [0.717, 1.165) is 31.4 Å². The Labute approximate surface area is 158 Å². The smallest absolute Gasteiger partial charge is 0.128 e. The maximum Gasteiger partial charge on any atom is 0.128 e. The summed E-state index contributed by atoms with van der Waals surface area (Å²) in [4.78, 5) is 0. The van der Waals surface area contributed by atoms with Gasteiger partial charge < -0.3 is 4.74 Å². The van der Waals surface area contributed by atoms with E-state index in [1.54, 1.807) is 0 Å². The molecule has 0 N–H and O–H groups in total. The second-order valence-electron chi connectivity index (χ2n) is 7.86. The van der Waals surface area contributed by atoms with Crippen molar-refractivity contribution in [2.45, 2.75) is 59.0 Å². The fourth-order valence-corrected chi connectivity index (χ4v) is 3.51. The molecule has 0 aromatic heterocycles. The molecule has 0 saturated carbocycles. The van der Waals surface area contributed by atoms with Crippen LogP contribution >= 0.6 is 0 Å². The van der Waals surface area contributed by atoms with Gasteiger partial charge in [0.2, 0.25) is 0 Å². The SMILES string of the molecule is CC(C)=CCC/C(C)=C/CCC1(C)C=Cc2c(ccc3ccccc23)O1. The van der Waals surface area contributed by atoms with Crippen LogP contribution < -0.4 is 4.74 Å². The predicted molar refractivity (Wildman–Crippen MR) is 114 cm³/mol. The fourth-order valence-electron chi connectivity index (χ4n) is 3.51. The van der Waals surface area contributed by atoms with Crippen molar-refractivity contribution in [3.63, 3.8) is 0 Å². The third kappa shape index (κ3) is 4.46. The quantitative estimate of drug-likeness (QED) is 0.493. The molecule has 0 saturated heterocycles. The average molecular weight is 347 g/mol. The Hall–Kier alpha value is -2.28. The number of hydrogen-bond acceptors (Lipinski definition) is 1. The molecule has 2 aromatic carbocycles. The third-order valence-corrected chi connectivity index (χ3v) is 5.10. The molecule has 0 spiro atoms. The largest absolute Gasteiger partial charge is 0.483 e. The van der Waals surface area contributed by atoms with Crippen LogP contribution in [-0.4, -0.2) is 5.60 Å². The maximum atomic E-state index is 6.40. The first-order valence-corrected chi connectivity index (χ1v) is 9.66. The van der Waals surface area contributed by atoms with Gasteiger partial charge in [0.1, 0.15) is 11.4 Å². The number of allylic oxidation sites excluding steroid dienone is 4. The highest BCUT2D eigenvalue weighted by molar-refractivity contribution is 5.93. The molecule has 1 nitrogen and oxygen atoms in total. The Bertz CT molecular complexity index is 865. The molecule has 1 aliphatic rings. The van der Waals surface area contributed by atoms with E-state index in [1.807, 2.05) is 0 Å². The zero-order valence-corrected chi connectivity index (χ0v) is 16.5. The summed E-state index contributed by atoms with van der Waals surface area (Å²) in [5.74, 6) is 0.998. The molecule has 1 atom stereocenters. The van der Waals surface area contributed by atoms with Crippen LogP contribution in [0.5, 0.6) is 5.75 Å². The van der Waals surface area contributed by atoms with Crippen LogP contribution in [0.15, 0.2) is 65.8 Å². The lowest BCUT2D eigenvalue weighted by atomic mass is 9.92. The van der Waals surface area contributed by atoms with E-state index >= 15 is 0 Å². The first-order valence-electron chi connectivity index (χ1n) is 9.66. The van der Waals surface area contributed by atoms with Gasteiger partial charge >= 0.3 is 0 Å². The molecule has 26 heavy (non-hydrogen) atoms. The standard InChI is InChI=1S/C25H30O/c1-19(2)9-7-10-20(3)11-8-17-25(4)18-16-23-22-13-6-5-12-21(22)14-15-24(23)26-25/h5-6,9,11-16,18H,7-8,10,17H2,1-4H3/b20-11+. The number of ether oxygens (including phenoxy) is 1. The van der Waals surface area contributed by atoms with Gasteiger partial charge in [0, 0.05) is 5.56 Å². The summed E-state index contributed by atoms with van der Waals surface area (Å²) in [5.41, 5.74) is 3.84. The van der Waals surface area contributed by atoms with Crippen LogP contribution in [-0.2, 0) is 0 Å². The van der Waals surface area contributed by atoms with E-state index in [1.165, 1.54) is 27.5 Å². The van der Waals surface area contributed by atoms with Crippen molar-refractivity contribution < 1.29 is 4.74 Å². The molecule has 1 heteroatoms. The van der Waals surface area contributed by atoms with Crippen LogP contribution in [0, 0.1) is 0 Å². The van der Waals surface area contributed by atoms with E-state index < -0.39 is 0 Å². The van der Waals surface area contributed by atoms with E-state index in [0.29, 0.717) is 0 Å². The van der Waals surface area contributed by atoms with E-state index in [4.69, 9.17) is 4.74 Å². The Morgan fingerprint density at radius 1 is 1.00 bits per heavy atom. The molecular formula is C25H30O. The van der Waals surface area contributed by atoms with Gasteiger partial charge in [0.05, 0.1) is 0 Å². The van der Waals surface area contributed by atoms with Crippen LogP contribution in [0.2, 0.25) is 0 Å². The van der Waals surface area contributed by atoms with Gasteiger partial charge in [-0.15, -0.1) is 0 Å². The number of benzene rings is 2. The zero-order chi connectivity index (χ0) is 18.6. The van der Waals surface area contributed by atoms with Crippen LogP contribution in [0.3, 0.4) is 0 Å². The zero-order valence-electron chi connectivity index (χ0n) is 16.5. The molecule has 2 aromatic rings. The van der Waals surface area contributed by atoms with E-state index in [2.05, 4.69) is 88.4 Å². The van der Waals surface area contributed by atoms with Crippen molar-refractivity contribution >= 4 is 16.8 Å². The molecule has 0 fully saturated rings. The van der Waals surface area contributed by atoms with Crippen molar-refractivity contribution in [2.24, 2.45) is 0 Å². The van der Waals surface area contributed by atoms with Crippen molar-refractivity contribution in [3.05, 3.63) is 71.3 Å². The van der Waals surface area contributed by atoms with E-state index in [-0.39, 0.29) is 5.60 Å². The molecular weight excluding hydrogens is 316 g/mol. The monoisotopic (exact) mass is 346 g/mol. The lowest BCUT2D eigenvalue weighted by Crippen LogP contribution is -2.31. The molecule has 0 aliphatic carbocycles. The summed E-state index contributed by atoms with van der Waals surface area (Å²) in [7, 11) is 0. The molecule has 136 valence electrons. The average Bonchev–Trinajstić information content (AvgIpc) is 2.61. The summed E-state index contributed by atoms with van der Waals surface area (Å²) < 4.78 is 6.40. The van der Waals surface area contributed by atoms with Gasteiger partial charge in [0.15, 0.2) is 0 Å². The molecule has 1 aliphatic heterocycles. The summed E-state index contributed by atoms with van der Waals surface area (Å²) in [6.07, 6.45) is 13.5. The second kappa shape index (κ2) is 7.95. The first-order chi connectivity index (χ1) is 12.5. The van der Waals surface area contributed by atoms with Crippen LogP contribution in [0.25, 0.3) is 16.8 Å². The fraction of sp³-hybridized carbons (Fsp3) is 0.360. The lowest BCUT2D eigenvalue weighted by molar-refractivity contribution is 0.129. The molecule has 0 amide bonds. The highest BCUT2D eigenvalue weighted by Crippen LogP contribution is 2.37. The van der Waals surface area contributed by atoms with Gasteiger partial charge in [-0.05, 0) is 76.3 Å². The molecule has 3 rings (SSSR count). The third-order valence-electron chi connectivity index (χ3n) is 5.10.